The molecule has 1 aromatic heterocycles. The van der Waals surface area contributed by atoms with Gasteiger partial charge in [-0.25, -0.2) is 9.97 Å². The molecule has 1 heterocycles. The van der Waals surface area contributed by atoms with Crippen molar-refractivity contribution >= 4 is 32.3 Å². The zero-order valence-electron chi connectivity index (χ0n) is 35.2. The second-order valence-electron chi connectivity index (χ2n) is 17.3. The van der Waals surface area contributed by atoms with Crippen LogP contribution in [0.3, 0.4) is 0 Å². The Morgan fingerprint density at radius 1 is 0.317 bits per heavy atom. The molecule has 0 amide bonds. The Morgan fingerprint density at radius 2 is 0.889 bits per heavy atom. The fourth-order valence-electron chi connectivity index (χ4n) is 10.2. The Kier molecular flexibility index (Phi) is 8.55. The first kappa shape index (κ1) is 36.9. The molecule has 10 aromatic carbocycles. The van der Waals surface area contributed by atoms with Gasteiger partial charge in [-0.05, 0) is 112 Å². The minimum atomic E-state index is -0.129. The smallest absolute Gasteiger partial charge is 0.160 e. The van der Waals surface area contributed by atoms with Crippen molar-refractivity contribution in [1.82, 2.24) is 9.97 Å². The summed E-state index contributed by atoms with van der Waals surface area (Å²) in [4.78, 5) is 10.7. The third-order valence-electron chi connectivity index (χ3n) is 13.2. The topological polar surface area (TPSA) is 25.8 Å². The molecule has 0 bridgehead atoms. The van der Waals surface area contributed by atoms with E-state index in [1.54, 1.807) is 0 Å². The zero-order valence-corrected chi connectivity index (χ0v) is 35.2. The Balaban J connectivity index is 1.00. The van der Waals surface area contributed by atoms with Gasteiger partial charge in [0.05, 0.1) is 11.4 Å². The minimum Gasteiger partial charge on any atom is -0.228 e. The molecule has 12 rings (SSSR count). The summed E-state index contributed by atoms with van der Waals surface area (Å²) in [5.41, 5.74) is 17.2. The highest BCUT2D eigenvalue weighted by atomic mass is 14.9. The Morgan fingerprint density at radius 3 is 1.68 bits per heavy atom. The van der Waals surface area contributed by atoms with Crippen LogP contribution in [-0.4, -0.2) is 9.97 Å². The minimum absolute atomic E-state index is 0.129. The molecule has 0 radical (unpaired) electrons. The summed E-state index contributed by atoms with van der Waals surface area (Å²) in [6.45, 7) is 4.71. The highest BCUT2D eigenvalue weighted by Gasteiger charge is 2.37. The molecule has 2 nitrogen and oxygen atoms in total. The third kappa shape index (κ3) is 6.17. The number of aromatic nitrogens is 2. The summed E-state index contributed by atoms with van der Waals surface area (Å²) in [5.74, 6) is 0.690. The van der Waals surface area contributed by atoms with E-state index >= 15 is 0 Å². The van der Waals surface area contributed by atoms with E-state index in [1.165, 1.54) is 76.8 Å². The van der Waals surface area contributed by atoms with Gasteiger partial charge in [0, 0.05) is 22.1 Å². The fourth-order valence-corrected chi connectivity index (χ4v) is 10.2. The van der Waals surface area contributed by atoms with Gasteiger partial charge in [-0.1, -0.05) is 208 Å². The van der Waals surface area contributed by atoms with Gasteiger partial charge in [0.1, 0.15) is 0 Å². The van der Waals surface area contributed by atoms with Crippen LogP contribution in [-0.2, 0) is 5.41 Å². The lowest BCUT2D eigenvalue weighted by molar-refractivity contribution is 0.662. The number of nitrogens with zero attached hydrogens (tertiary/aromatic N) is 2. The SMILES string of the molecule is CC1(C)c2ccccc2-c2cccc(-c3cccc(-c4cc(-c5cccc(-c6ccccc6)c5)nc(-c5ccc(-c6c7ccccc7cc7c6ccc6ccccc67)cc5)n4)c3)c21. The van der Waals surface area contributed by atoms with Gasteiger partial charge in [-0.15, -0.1) is 0 Å². The predicted molar refractivity (Wildman–Crippen MR) is 265 cm³/mol. The third-order valence-corrected chi connectivity index (χ3v) is 13.2. The largest absolute Gasteiger partial charge is 0.228 e. The van der Waals surface area contributed by atoms with Crippen LogP contribution >= 0.6 is 0 Å². The molecule has 0 aliphatic heterocycles. The summed E-state index contributed by atoms with van der Waals surface area (Å²) in [7, 11) is 0. The van der Waals surface area contributed by atoms with Crippen molar-refractivity contribution in [3.8, 4) is 78.4 Å². The van der Waals surface area contributed by atoms with Gasteiger partial charge in [-0.2, -0.15) is 0 Å². The van der Waals surface area contributed by atoms with E-state index in [2.05, 4.69) is 232 Å². The van der Waals surface area contributed by atoms with E-state index < -0.39 is 0 Å². The van der Waals surface area contributed by atoms with E-state index in [0.717, 1.165) is 39.2 Å². The highest BCUT2D eigenvalue weighted by Crippen LogP contribution is 2.52. The van der Waals surface area contributed by atoms with Gasteiger partial charge in [-0.3, -0.25) is 0 Å². The maximum atomic E-state index is 5.37. The van der Waals surface area contributed by atoms with E-state index in [-0.39, 0.29) is 5.41 Å². The molecule has 0 unspecified atom stereocenters. The van der Waals surface area contributed by atoms with Crippen LogP contribution in [0.2, 0.25) is 0 Å². The molecule has 11 aromatic rings. The molecule has 0 fully saturated rings. The Hall–Kier alpha value is -7.94. The molecular formula is C61H42N2. The van der Waals surface area contributed by atoms with E-state index in [0.29, 0.717) is 5.82 Å². The van der Waals surface area contributed by atoms with Crippen molar-refractivity contribution in [1.29, 1.82) is 0 Å². The van der Waals surface area contributed by atoms with Crippen LogP contribution in [0.4, 0.5) is 0 Å². The summed E-state index contributed by atoms with van der Waals surface area (Å²) >= 11 is 0. The van der Waals surface area contributed by atoms with Gasteiger partial charge in [0.25, 0.3) is 0 Å². The van der Waals surface area contributed by atoms with Crippen LogP contribution in [0.1, 0.15) is 25.0 Å². The number of fused-ring (bicyclic) bond motifs is 7. The summed E-state index contributed by atoms with van der Waals surface area (Å²) in [6.07, 6.45) is 0. The predicted octanol–water partition coefficient (Wildman–Crippen LogP) is 16.2. The van der Waals surface area contributed by atoms with Crippen LogP contribution in [0, 0.1) is 0 Å². The van der Waals surface area contributed by atoms with Gasteiger partial charge in [0.15, 0.2) is 5.82 Å². The van der Waals surface area contributed by atoms with Crippen molar-refractivity contribution in [2.45, 2.75) is 19.3 Å². The average molecular weight is 803 g/mol. The Bertz CT molecular complexity index is 3580. The van der Waals surface area contributed by atoms with Crippen molar-refractivity contribution in [3.05, 3.63) is 230 Å². The van der Waals surface area contributed by atoms with Crippen LogP contribution in [0.5, 0.6) is 0 Å². The van der Waals surface area contributed by atoms with E-state index in [4.69, 9.17) is 9.97 Å². The summed E-state index contributed by atoms with van der Waals surface area (Å²) in [6, 6.07) is 79.1. The molecule has 0 saturated heterocycles. The molecule has 296 valence electrons. The lowest BCUT2D eigenvalue weighted by Gasteiger charge is -2.24. The maximum Gasteiger partial charge on any atom is 0.160 e. The molecular weight excluding hydrogens is 761 g/mol. The maximum absolute atomic E-state index is 5.37. The van der Waals surface area contributed by atoms with Gasteiger partial charge in [0.2, 0.25) is 0 Å². The number of rotatable bonds is 6. The normalized spacial score (nSPS) is 12.7. The lowest BCUT2D eigenvalue weighted by atomic mass is 9.78. The zero-order chi connectivity index (χ0) is 42.1. The molecule has 1 aliphatic carbocycles. The number of hydrogen-bond acceptors (Lipinski definition) is 2. The summed E-state index contributed by atoms with van der Waals surface area (Å²) < 4.78 is 0. The van der Waals surface area contributed by atoms with Crippen molar-refractivity contribution in [2.24, 2.45) is 0 Å². The second-order valence-corrected chi connectivity index (χ2v) is 17.3. The first-order valence-electron chi connectivity index (χ1n) is 21.8. The van der Waals surface area contributed by atoms with Crippen LogP contribution in [0.25, 0.3) is 111 Å². The van der Waals surface area contributed by atoms with Gasteiger partial charge >= 0.3 is 0 Å². The van der Waals surface area contributed by atoms with E-state index in [9.17, 15) is 0 Å². The molecule has 1 aliphatic rings. The molecule has 63 heavy (non-hydrogen) atoms. The quantitative estimate of drug-likeness (QED) is 0.124. The number of benzene rings is 10. The van der Waals surface area contributed by atoms with Crippen molar-refractivity contribution in [3.63, 3.8) is 0 Å². The standard InChI is InChI=1S/C61H42N2/c1-61(2)55-28-11-10-25-51(55)53-27-14-26-50(59(53)61)44-20-13-22-47(36-44)57-38-56(46-21-12-19-43(35-46)39-15-4-3-5-16-39)62-60(63-57)42-31-29-41(30-32-42)58-49-24-9-7-18-45(49)37-54-48-23-8-6-17-40(48)33-34-52(54)58/h3-38H,1-2H3. The monoisotopic (exact) mass is 802 g/mol. The summed E-state index contributed by atoms with van der Waals surface area (Å²) in [5, 5.41) is 7.49. The average Bonchev–Trinajstić information content (AvgIpc) is 3.59. The second kappa shape index (κ2) is 14.6. The van der Waals surface area contributed by atoms with E-state index in [1.807, 2.05) is 0 Å². The van der Waals surface area contributed by atoms with Gasteiger partial charge < -0.3 is 0 Å². The highest BCUT2D eigenvalue weighted by molar-refractivity contribution is 6.20. The molecule has 2 heteroatoms. The molecule has 0 saturated carbocycles. The fraction of sp³-hybridized carbons (Fsp3) is 0.0492. The number of hydrogen-bond donors (Lipinski definition) is 0. The van der Waals surface area contributed by atoms with Crippen molar-refractivity contribution in [2.75, 3.05) is 0 Å². The molecule has 0 spiro atoms. The van der Waals surface area contributed by atoms with Crippen molar-refractivity contribution < 1.29 is 0 Å². The Labute approximate surface area is 367 Å². The first-order valence-corrected chi connectivity index (χ1v) is 21.8. The van der Waals surface area contributed by atoms with Crippen LogP contribution in [0.15, 0.2) is 218 Å². The van der Waals surface area contributed by atoms with Crippen LogP contribution < -0.4 is 0 Å². The lowest BCUT2D eigenvalue weighted by Crippen LogP contribution is -2.16. The molecule has 0 N–H and O–H groups in total. The first-order chi connectivity index (χ1) is 31.0. The molecule has 0 atom stereocenters.